The molecule has 1 aromatic carbocycles. The van der Waals surface area contributed by atoms with E-state index in [9.17, 15) is 24.8 Å². The number of nitrogens with one attached hydrogen (secondary N) is 1. The predicted octanol–water partition coefficient (Wildman–Crippen LogP) is 1.52. The molecule has 0 saturated heterocycles. The molecule has 0 aliphatic carbocycles. The number of ether oxygens (including phenoxy) is 2. The second-order valence-corrected chi connectivity index (χ2v) is 5.86. The lowest BCUT2D eigenvalue weighted by molar-refractivity contribution is -0.383. The number of carbonyl (C=O) groups is 2. The van der Waals surface area contributed by atoms with E-state index in [4.69, 9.17) is 0 Å². The van der Waals surface area contributed by atoms with Crippen molar-refractivity contribution in [1.29, 1.82) is 0 Å². The zero-order valence-corrected chi connectivity index (χ0v) is 16.6. The maximum absolute atomic E-state index is 11.9. The molecule has 30 heavy (non-hydrogen) atoms. The molecule has 2 rings (SSSR count). The van der Waals surface area contributed by atoms with Gasteiger partial charge < -0.3 is 24.8 Å². The van der Waals surface area contributed by atoms with Crippen molar-refractivity contribution in [2.24, 2.45) is 0 Å². The Kier molecular flexibility index (Phi) is 7.58. The normalized spacial score (nSPS) is 10.3. The Bertz CT molecular complexity index is 916. The molecule has 1 heterocycles. The highest BCUT2D eigenvalue weighted by molar-refractivity contribution is 5.97. The molecule has 0 fully saturated rings. The van der Waals surface area contributed by atoms with Crippen molar-refractivity contribution in [2.75, 3.05) is 44.1 Å². The third-order valence-corrected chi connectivity index (χ3v) is 4.07. The fraction of sp³-hybridized carbons (Fsp3) is 0.333. The standard InChI is InChI=1S/C18H21N5O7/c1-4-22(5-6-24)16-14(23(27)28)15(19-10-20-16)21-13-8-11(17(25)29-2)7-12(9-13)18(26)30-3/h7-10,24H,4-6H2,1-3H3,(H,19,20,21). The van der Waals surface area contributed by atoms with Crippen LogP contribution in [-0.2, 0) is 9.47 Å². The van der Waals surface area contributed by atoms with Crippen molar-refractivity contribution in [1.82, 2.24) is 9.97 Å². The summed E-state index contributed by atoms with van der Waals surface area (Å²) in [6.07, 6.45) is 1.13. The number of benzene rings is 1. The second-order valence-electron chi connectivity index (χ2n) is 5.86. The van der Waals surface area contributed by atoms with Gasteiger partial charge in [-0.15, -0.1) is 0 Å². The van der Waals surface area contributed by atoms with E-state index in [0.29, 0.717) is 6.54 Å². The van der Waals surface area contributed by atoms with E-state index in [1.54, 1.807) is 6.92 Å². The van der Waals surface area contributed by atoms with Gasteiger partial charge in [-0.25, -0.2) is 19.6 Å². The van der Waals surface area contributed by atoms with Crippen molar-refractivity contribution in [2.45, 2.75) is 6.92 Å². The van der Waals surface area contributed by atoms with Crippen molar-refractivity contribution < 1.29 is 29.1 Å². The largest absolute Gasteiger partial charge is 0.465 e. The van der Waals surface area contributed by atoms with Gasteiger partial charge in [0.2, 0.25) is 11.6 Å². The minimum atomic E-state index is -0.707. The number of anilines is 3. The van der Waals surface area contributed by atoms with Gasteiger partial charge >= 0.3 is 17.6 Å². The first-order chi connectivity index (χ1) is 14.4. The minimum Gasteiger partial charge on any atom is -0.465 e. The number of hydrogen-bond acceptors (Lipinski definition) is 11. The summed E-state index contributed by atoms with van der Waals surface area (Å²) in [4.78, 5) is 44.4. The number of hydrogen-bond donors (Lipinski definition) is 2. The summed E-state index contributed by atoms with van der Waals surface area (Å²) < 4.78 is 9.36. The summed E-state index contributed by atoms with van der Waals surface area (Å²) in [6.45, 7) is 2.04. The van der Waals surface area contributed by atoms with Gasteiger partial charge in [0.25, 0.3) is 0 Å². The molecule has 1 aromatic heterocycles. The second kappa shape index (κ2) is 10.1. The van der Waals surface area contributed by atoms with Crippen LogP contribution < -0.4 is 10.2 Å². The van der Waals surface area contributed by atoms with Gasteiger partial charge in [0.1, 0.15) is 6.33 Å². The van der Waals surface area contributed by atoms with E-state index in [2.05, 4.69) is 24.8 Å². The molecule has 0 saturated carbocycles. The van der Waals surface area contributed by atoms with Crippen LogP contribution in [0.1, 0.15) is 27.6 Å². The quantitative estimate of drug-likeness (QED) is 0.345. The molecule has 12 nitrogen and oxygen atoms in total. The summed E-state index contributed by atoms with van der Waals surface area (Å²) in [7, 11) is 2.37. The molecule has 0 amide bonds. The fourth-order valence-corrected chi connectivity index (χ4v) is 2.70. The molecule has 0 aliphatic heterocycles. The van der Waals surface area contributed by atoms with Crippen molar-refractivity contribution >= 4 is 34.9 Å². The molecular weight excluding hydrogens is 398 g/mol. The lowest BCUT2D eigenvalue weighted by Gasteiger charge is -2.21. The molecule has 2 N–H and O–H groups in total. The number of aliphatic hydroxyl groups is 1. The Morgan fingerprint density at radius 2 is 1.77 bits per heavy atom. The van der Waals surface area contributed by atoms with Gasteiger partial charge in [0, 0.05) is 18.8 Å². The fourth-order valence-electron chi connectivity index (χ4n) is 2.70. The van der Waals surface area contributed by atoms with Gasteiger partial charge in [0.15, 0.2) is 0 Å². The molecule has 0 unspecified atom stereocenters. The third-order valence-electron chi connectivity index (χ3n) is 4.07. The van der Waals surface area contributed by atoms with Crippen LogP contribution in [0.5, 0.6) is 0 Å². The first-order valence-electron chi connectivity index (χ1n) is 8.80. The Labute approximate surface area is 171 Å². The number of nitrogens with zero attached hydrogens (tertiary/aromatic N) is 4. The van der Waals surface area contributed by atoms with Crippen molar-refractivity contribution in [3.63, 3.8) is 0 Å². The SMILES string of the molecule is CCN(CCO)c1ncnc(Nc2cc(C(=O)OC)cc(C(=O)OC)c2)c1[N+](=O)[O-]. The summed E-state index contributed by atoms with van der Waals surface area (Å²) in [5.74, 6) is -1.55. The Balaban J connectivity index is 2.57. The van der Waals surface area contributed by atoms with E-state index in [-0.39, 0.29) is 41.6 Å². The first-order valence-corrected chi connectivity index (χ1v) is 8.80. The number of carbonyl (C=O) groups excluding carboxylic acids is 2. The number of methoxy groups -OCH3 is 2. The number of rotatable bonds is 9. The smallest absolute Gasteiger partial charge is 0.353 e. The molecule has 12 heteroatoms. The topological polar surface area (TPSA) is 157 Å². The number of likely N-dealkylation sites (N-methyl/N-ethyl adjacent to an activating group) is 1. The lowest BCUT2D eigenvalue weighted by atomic mass is 10.1. The molecule has 0 bridgehead atoms. The Morgan fingerprint density at radius 1 is 1.17 bits per heavy atom. The molecule has 0 aliphatic rings. The lowest BCUT2D eigenvalue weighted by Crippen LogP contribution is -2.28. The van der Waals surface area contributed by atoms with Crippen molar-refractivity contribution in [3.8, 4) is 0 Å². The van der Waals surface area contributed by atoms with Crippen LogP contribution in [0.3, 0.4) is 0 Å². The monoisotopic (exact) mass is 419 g/mol. The highest BCUT2D eigenvalue weighted by atomic mass is 16.6. The van der Waals surface area contributed by atoms with E-state index in [0.717, 1.165) is 6.33 Å². The number of nitro groups is 1. The average molecular weight is 419 g/mol. The van der Waals surface area contributed by atoms with Crippen LogP contribution in [0.15, 0.2) is 24.5 Å². The van der Waals surface area contributed by atoms with Gasteiger partial charge in [-0.1, -0.05) is 0 Å². The predicted molar refractivity (Wildman–Crippen MR) is 106 cm³/mol. The van der Waals surface area contributed by atoms with Gasteiger partial charge in [-0.2, -0.15) is 0 Å². The van der Waals surface area contributed by atoms with Gasteiger partial charge in [-0.3, -0.25) is 10.1 Å². The van der Waals surface area contributed by atoms with Crippen LogP contribution in [-0.4, -0.2) is 65.9 Å². The van der Waals surface area contributed by atoms with E-state index in [1.165, 1.54) is 37.3 Å². The van der Waals surface area contributed by atoms with Gasteiger partial charge in [-0.05, 0) is 25.1 Å². The average Bonchev–Trinajstić information content (AvgIpc) is 2.75. The zero-order valence-electron chi connectivity index (χ0n) is 16.6. The maximum atomic E-state index is 11.9. The van der Waals surface area contributed by atoms with Crippen LogP contribution in [0.4, 0.5) is 23.0 Å². The summed E-state index contributed by atoms with van der Waals surface area (Å²) in [5, 5.41) is 23.7. The highest BCUT2D eigenvalue weighted by Gasteiger charge is 2.27. The Morgan fingerprint density at radius 3 is 2.23 bits per heavy atom. The minimum absolute atomic E-state index is 0.0198. The molecule has 0 radical (unpaired) electrons. The van der Waals surface area contributed by atoms with Crippen molar-refractivity contribution in [3.05, 3.63) is 45.8 Å². The molecule has 160 valence electrons. The number of aliphatic hydroxyl groups excluding tert-OH is 1. The molecular formula is C18H21N5O7. The van der Waals surface area contributed by atoms with Crippen LogP contribution in [0.25, 0.3) is 0 Å². The van der Waals surface area contributed by atoms with E-state index in [1.807, 2.05) is 0 Å². The summed E-state index contributed by atoms with van der Waals surface area (Å²) in [5.41, 5.74) is -0.169. The Hall–Kier alpha value is -3.80. The number of aromatic nitrogens is 2. The maximum Gasteiger partial charge on any atom is 0.353 e. The third kappa shape index (κ3) is 4.97. The van der Waals surface area contributed by atoms with E-state index >= 15 is 0 Å². The van der Waals surface area contributed by atoms with Crippen LogP contribution >= 0.6 is 0 Å². The van der Waals surface area contributed by atoms with Crippen LogP contribution in [0.2, 0.25) is 0 Å². The summed E-state index contributed by atoms with van der Waals surface area (Å²) in [6, 6.07) is 3.99. The zero-order chi connectivity index (χ0) is 22.3. The van der Waals surface area contributed by atoms with Crippen LogP contribution in [0, 0.1) is 10.1 Å². The highest BCUT2D eigenvalue weighted by Crippen LogP contribution is 2.33. The molecule has 2 aromatic rings. The first kappa shape index (κ1) is 22.5. The molecule has 0 spiro atoms. The summed E-state index contributed by atoms with van der Waals surface area (Å²) >= 11 is 0. The number of esters is 2. The van der Waals surface area contributed by atoms with E-state index < -0.39 is 22.5 Å². The van der Waals surface area contributed by atoms with Gasteiger partial charge in [0.05, 0.1) is 36.9 Å². The molecule has 0 atom stereocenters.